The van der Waals surface area contributed by atoms with Crippen LogP contribution in [0.4, 0.5) is 13.2 Å². The third-order valence-corrected chi connectivity index (χ3v) is 4.45. The molecule has 136 valence electrons. The molecular weight excluding hydrogens is 379 g/mol. The smallest absolute Gasteiger partial charge is 0.278 e. The molecule has 0 atom stereocenters. The maximum atomic E-state index is 13.6. The molecule has 0 spiro atoms. The van der Waals surface area contributed by atoms with Gasteiger partial charge in [-0.25, -0.2) is 13.2 Å². The zero-order valence-corrected chi connectivity index (χ0v) is 14.5. The minimum atomic E-state index is -2.74. The fraction of sp³-hybridized carbons (Fsp3) is 0.158. The molecule has 1 heterocycles. The average molecular weight is 390 g/mol. The fourth-order valence-electron chi connectivity index (χ4n) is 2.77. The molecule has 0 saturated heterocycles. The molecule has 4 nitrogen and oxygen atoms in total. The van der Waals surface area contributed by atoms with E-state index in [1.807, 2.05) is 6.07 Å². The summed E-state index contributed by atoms with van der Waals surface area (Å²) in [5.74, 6) is -0.531. The minimum Gasteiger partial charge on any atom is -0.492 e. The maximum Gasteiger partial charge on any atom is 0.278 e. The van der Waals surface area contributed by atoms with Crippen molar-refractivity contribution in [3.8, 4) is 17.9 Å². The van der Waals surface area contributed by atoms with Crippen molar-refractivity contribution in [3.05, 3.63) is 64.1 Å². The van der Waals surface area contributed by atoms with Gasteiger partial charge in [-0.05, 0) is 30.3 Å². The summed E-state index contributed by atoms with van der Waals surface area (Å²) in [5.41, 5.74) is 0.286. The van der Waals surface area contributed by atoms with E-state index in [9.17, 15) is 13.2 Å². The first-order valence-corrected chi connectivity index (χ1v) is 8.16. The van der Waals surface area contributed by atoms with Gasteiger partial charge in [-0.15, -0.1) is 0 Å². The zero-order valence-electron chi connectivity index (χ0n) is 13.7. The van der Waals surface area contributed by atoms with Crippen LogP contribution in [0, 0.1) is 28.5 Å². The first kappa shape index (κ1) is 18.6. The summed E-state index contributed by atoms with van der Waals surface area (Å²) in [7, 11) is 0. The topological polar surface area (TPSA) is 61.7 Å². The standard InChI is InChI=1S/C19H11ClF3N3O/c20-18-12(10-25)2-4-16-14(18)8-17(19(22)23)26(16)5-6-27-13-3-1-11(9-24)15(21)7-13/h1-4,7-8,19H,5-6H2. The Balaban J connectivity index is 1.87. The average Bonchev–Trinajstić information content (AvgIpc) is 3.02. The van der Waals surface area contributed by atoms with Crippen LogP contribution >= 0.6 is 11.6 Å². The fourth-order valence-corrected chi connectivity index (χ4v) is 3.02. The van der Waals surface area contributed by atoms with Gasteiger partial charge in [-0.1, -0.05) is 11.6 Å². The summed E-state index contributed by atoms with van der Waals surface area (Å²) >= 11 is 6.13. The lowest BCUT2D eigenvalue weighted by atomic mass is 10.1. The number of hydrogen-bond donors (Lipinski definition) is 0. The van der Waals surface area contributed by atoms with Crippen LogP contribution in [-0.2, 0) is 6.54 Å². The second-order valence-electron chi connectivity index (χ2n) is 5.60. The summed E-state index contributed by atoms with van der Waals surface area (Å²) in [5, 5.41) is 18.2. The van der Waals surface area contributed by atoms with Crippen molar-refractivity contribution in [2.24, 2.45) is 0 Å². The Morgan fingerprint density at radius 3 is 2.41 bits per heavy atom. The third-order valence-electron chi connectivity index (χ3n) is 4.04. The van der Waals surface area contributed by atoms with E-state index >= 15 is 0 Å². The molecule has 2 aromatic carbocycles. The van der Waals surface area contributed by atoms with Crippen molar-refractivity contribution in [2.75, 3.05) is 6.61 Å². The molecule has 3 rings (SSSR count). The number of hydrogen-bond acceptors (Lipinski definition) is 3. The number of halogens is 4. The van der Waals surface area contributed by atoms with E-state index in [4.69, 9.17) is 26.9 Å². The minimum absolute atomic E-state index is 0.00748. The van der Waals surface area contributed by atoms with Crippen LogP contribution in [0.3, 0.4) is 0 Å². The summed E-state index contributed by atoms with van der Waals surface area (Å²) in [6.07, 6.45) is -2.74. The van der Waals surface area contributed by atoms with E-state index in [2.05, 4.69) is 0 Å². The van der Waals surface area contributed by atoms with Crippen LogP contribution in [0.5, 0.6) is 5.75 Å². The monoisotopic (exact) mass is 389 g/mol. The molecule has 0 saturated carbocycles. The van der Waals surface area contributed by atoms with E-state index in [1.54, 1.807) is 12.1 Å². The number of benzene rings is 2. The van der Waals surface area contributed by atoms with Gasteiger partial charge in [0, 0.05) is 11.5 Å². The molecule has 0 N–H and O–H groups in total. The van der Waals surface area contributed by atoms with Crippen LogP contribution in [0.15, 0.2) is 36.4 Å². The molecule has 27 heavy (non-hydrogen) atoms. The lowest BCUT2D eigenvalue weighted by Crippen LogP contribution is -2.11. The van der Waals surface area contributed by atoms with Gasteiger partial charge in [0.25, 0.3) is 6.43 Å². The normalized spacial score (nSPS) is 10.8. The molecule has 0 unspecified atom stereocenters. The molecule has 3 aromatic rings. The molecule has 0 fully saturated rings. The highest BCUT2D eigenvalue weighted by molar-refractivity contribution is 6.36. The molecule has 0 aliphatic heterocycles. The third kappa shape index (κ3) is 3.55. The Morgan fingerprint density at radius 1 is 1.07 bits per heavy atom. The number of ether oxygens (including phenoxy) is 1. The number of aromatic nitrogens is 1. The Morgan fingerprint density at radius 2 is 1.78 bits per heavy atom. The van der Waals surface area contributed by atoms with Crippen LogP contribution in [0.1, 0.15) is 23.2 Å². The number of nitrogens with zero attached hydrogens (tertiary/aromatic N) is 3. The number of rotatable bonds is 5. The Labute approximate surface area is 157 Å². The van der Waals surface area contributed by atoms with Gasteiger partial charge in [0.15, 0.2) is 0 Å². The molecule has 0 aliphatic rings. The summed E-state index contributed by atoms with van der Waals surface area (Å²) in [6, 6.07) is 11.7. The molecule has 0 bridgehead atoms. The van der Waals surface area contributed by atoms with Crippen molar-refractivity contribution in [1.82, 2.24) is 4.57 Å². The van der Waals surface area contributed by atoms with Gasteiger partial charge < -0.3 is 9.30 Å². The van der Waals surface area contributed by atoms with E-state index in [1.165, 1.54) is 28.8 Å². The molecule has 0 radical (unpaired) electrons. The van der Waals surface area contributed by atoms with E-state index in [0.717, 1.165) is 6.07 Å². The Bertz CT molecular complexity index is 1100. The van der Waals surface area contributed by atoms with Crippen molar-refractivity contribution >= 4 is 22.5 Å². The number of fused-ring (bicyclic) bond motifs is 1. The Kier molecular flexibility index (Phi) is 5.25. The van der Waals surface area contributed by atoms with Gasteiger partial charge >= 0.3 is 0 Å². The lowest BCUT2D eigenvalue weighted by Gasteiger charge is -2.12. The molecule has 0 amide bonds. The van der Waals surface area contributed by atoms with E-state index < -0.39 is 12.2 Å². The lowest BCUT2D eigenvalue weighted by molar-refractivity contribution is 0.140. The van der Waals surface area contributed by atoms with Crippen LogP contribution in [0.2, 0.25) is 5.02 Å². The van der Waals surface area contributed by atoms with Crippen molar-refractivity contribution < 1.29 is 17.9 Å². The highest BCUT2D eigenvalue weighted by Crippen LogP contribution is 2.33. The molecule has 1 aromatic heterocycles. The van der Waals surface area contributed by atoms with Gasteiger partial charge in [0.1, 0.15) is 30.3 Å². The van der Waals surface area contributed by atoms with Gasteiger partial charge in [0.05, 0.1) is 33.9 Å². The molecule has 0 aliphatic carbocycles. The predicted octanol–water partition coefficient (Wildman–Crippen LogP) is 5.19. The molecule has 8 heteroatoms. The maximum absolute atomic E-state index is 13.6. The quantitative estimate of drug-likeness (QED) is 0.603. The summed E-state index contributed by atoms with van der Waals surface area (Å²) < 4.78 is 47.2. The van der Waals surface area contributed by atoms with Crippen LogP contribution in [0.25, 0.3) is 10.9 Å². The van der Waals surface area contributed by atoms with Crippen molar-refractivity contribution in [1.29, 1.82) is 10.5 Å². The Hall–Kier alpha value is -3.16. The van der Waals surface area contributed by atoms with E-state index in [-0.39, 0.29) is 40.7 Å². The van der Waals surface area contributed by atoms with E-state index in [0.29, 0.717) is 10.9 Å². The van der Waals surface area contributed by atoms with Gasteiger partial charge in [0.2, 0.25) is 0 Å². The largest absolute Gasteiger partial charge is 0.492 e. The summed E-state index contributed by atoms with van der Waals surface area (Å²) in [4.78, 5) is 0. The number of alkyl halides is 2. The first-order chi connectivity index (χ1) is 13.0. The SMILES string of the molecule is N#Cc1ccc(OCCn2c(C(F)F)cc3c(Cl)c(C#N)ccc32)cc1F. The zero-order chi connectivity index (χ0) is 19.6. The highest BCUT2D eigenvalue weighted by Gasteiger charge is 2.19. The predicted molar refractivity (Wildman–Crippen MR) is 93.2 cm³/mol. The van der Waals surface area contributed by atoms with Crippen LogP contribution < -0.4 is 4.74 Å². The van der Waals surface area contributed by atoms with Crippen LogP contribution in [-0.4, -0.2) is 11.2 Å². The van der Waals surface area contributed by atoms with Gasteiger partial charge in [-0.2, -0.15) is 10.5 Å². The second kappa shape index (κ2) is 7.61. The highest BCUT2D eigenvalue weighted by atomic mass is 35.5. The summed E-state index contributed by atoms with van der Waals surface area (Å²) in [6.45, 7) is 0.0550. The number of nitriles is 2. The van der Waals surface area contributed by atoms with Crippen molar-refractivity contribution in [2.45, 2.75) is 13.0 Å². The van der Waals surface area contributed by atoms with Gasteiger partial charge in [-0.3, -0.25) is 0 Å². The first-order valence-electron chi connectivity index (χ1n) is 7.78. The van der Waals surface area contributed by atoms with Crippen molar-refractivity contribution in [3.63, 3.8) is 0 Å². The molecular formula is C19H11ClF3N3O. The second-order valence-corrected chi connectivity index (χ2v) is 5.97.